The second kappa shape index (κ2) is 4.81. The molecule has 0 spiro atoms. The molecule has 1 heterocycles. The van der Waals surface area contributed by atoms with Crippen molar-refractivity contribution in [2.24, 2.45) is 0 Å². The summed E-state index contributed by atoms with van der Waals surface area (Å²) in [6.45, 7) is 3.78. The number of rotatable bonds is 2. The lowest BCUT2D eigenvalue weighted by Crippen LogP contribution is -2.44. The Bertz CT molecular complexity index is 770. The Morgan fingerprint density at radius 2 is 1.71 bits per heavy atom. The molecular formula is C17H15NO3. The molecule has 1 aliphatic rings. The first-order valence-corrected chi connectivity index (χ1v) is 7.00. The van der Waals surface area contributed by atoms with Crippen LogP contribution in [0.3, 0.4) is 0 Å². The van der Waals surface area contributed by atoms with Gasteiger partial charge in [0.25, 0.3) is 11.8 Å². The van der Waals surface area contributed by atoms with Gasteiger partial charge in [0.15, 0.2) is 0 Å². The zero-order valence-electron chi connectivity index (χ0n) is 12.0. The van der Waals surface area contributed by atoms with E-state index >= 15 is 0 Å². The smallest absolute Gasteiger partial charge is 0.268 e. The number of benzene rings is 2. The molecule has 0 radical (unpaired) electrons. The molecule has 106 valence electrons. The van der Waals surface area contributed by atoms with Crippen LogP contribution in [0.5, 0.6) is 0 Å². The summed E-state index contributed by atoms with van der Waals surface area (Å²) in [5.74, 6) is -1.46. The van der Waals surface area contributed by atoms with Crippen molar-refractivity contribution in [3.63, 3.8) is 0 Å². The van der Waals surface area contributed by atoms with Crippen LogP contribution < -0.4 is 0 Å². The molecule has 21 heavy (non-hydrogen) atoms. The second-order valence-electron chi connectivity index (χ2n) is 5.25. The quantitative estimate of drug-likeness (QED) is 0.795. The van der Waals surface area contributed by atoms with E-state index < -0.39 is 17.7 Å². The first kappa shape index (κ1) is 13.5. The monoisotopic (exact) mass is 281 g/mol. The third-order valence-electron chi connectivity index (χ3n) is 3.84. The van der Waals surface area contributed by atoms with E-state index in [1.54, 1.807) is 18.2 Å². The van der Waals surface area contributed by atoms with Gasteiger partial charge in [0.05, 0.1) is 0 Å². The molecule has 0 saturated carbocycles. The lowest BCUT2D eigenvalue weighted by Gasteiger charge is -2.26. The summed E-state index contributed by atoms with van der Waals surface area (Å²) in [4.78, 5) is 37.9. The number of hydrogen-bond acceptors (Lipinski definition) is 3. The van der Waals surface area contributed by atoms with Gasteiger partial charge >= 0.3 is 0 Å². The van der Waals surface area contributed by atoms with Crippen molar-refractivity contribution >= 4 is 28.5 Å². The largest absolute Gasteiger partial charge is 0.274 e. The highest BCUT2D eigenvalue weighted by atomic mass is 16.2. The molecule has 0 atom stereocenters. The number of hydrogen-bond donors (Lipinski definition) is 0. The van der Waals surface area contributed by atoms with E-state index in [2.05, 4.69) is 0 Å². The fourth-order valence-corrected chi connectivity index (χ4v) is 2.79. The van der Waals surface area contributed by atoms with Crippen LogP contribution in [0.15, 0.2) is 30.3 Å². The third kappa shape index (κ3) is 1.87. The molecule has 0 unspecified atom stereocenters. The molecule has 0 N–H and O–H groups in total. The van der Waals surface area contributed by atoms with Crippen LogP contribution in [0, 0.1) is 6.92 Å². The van der Waals surface area contributed by atoms with Gasteiger partial charge in [-0.2, -0.15) is 0 Å². The fourth-order valence-electron chi connectivity index (χ4n) is 2.79. The third-order valence-corrected chi connectivity index (χ3v) is 3.84. The lowest BCUT2D eigenvalue weighted by molar-refractivity contribution is -0.126. The van der Waals surface area contributed by atoms with Crippen LogP contribution in [0.2, 0.25) is 0 Å². The van der Waals surface area contributed by atoms with Crippen LogP contribution in [0.4, 0.5) is 0 Å². The zero-order valence-corrected chi connectivity index (χ0v) is 12.0. The van der Waals surface area contributed by atoms with Gasteiger partial charge < -0.3 is 0 Å². The van der Waals surface area contributed by atoms with Crippen LogP contribution in [-0.2, 0) is 4.79 Å². The summed E-state index contributed by atoms with van der Waals surface area (Å²) in [6, 6.07) is 8.89. The van der Waals surface area contributed by atoms with E-state index in [-0.39, 0.29) is 6.42 Å². The maximum Gasteiger partial charge on any atom is 0.268 e. The number of carbonyl (C=O) groups excluding carboxylic acids is 3. The van der Waals surface area contributed by atoms with E-state index in [9.17, 15) is 14.4 Å². The van der Waals surface area contributed by atoms with Crippen molar-refractivity contribution in [2.45, 2.75) is 26.7 Å². The Hall–Kier alpha value is -2.49. The number of aryl methyl sites for hydroxylation is 1. The van der Waals surface area contributed by atoms with Gasteiger partial charge in [-0.25, -0.2) is 4.90 Å². The number of imide groups is 3. The summed E-state index contributed by atoms with van der Waals surface area (Å²) in [6.07, 6.45) is 0.787. The van der Waals surface area contributed by atoms with Crippen molar-refractivity contribution in [3.05, 3.63) is 47.0 Å². The molecular weight excluding hydrogens is 266 g/mol. The summed E-state index contributed by atoms with van der Waals surface area (Å²) in [5, 5.41) is 1.54. The molecule has 0 bridgehead atoms. The molecule has 3 amide bonds. The van der Waals surface area contributed by atoms with Gasteiger partial charge in [-0.3, -0.25) is 14.4 Å². The van der Waals surface area contributed by atoms with E-state index in [1.807, 2.05) is 26.0 Å². The minimum Gasteiger partial charge on any atom is -0.274 e. The van der Waals surface area contributed by atoms with E-state index in [0.717, 1.165) is 15.8 Å². The molecule has 4 nitrogen and oxygen atoms in total. The Kier molecular flexibility index (Phi) is 3.09. The van der Waals surface area contributed by atoms with E-state index in [0.29, 0.717) is 22.9 Å². The number of nitrogens with zero attached hydrogens (tertiary/aromatic N) is 1. The minimum atomic E-state index is -0.512. The van der Waals surface area contributed by atoms with Crippen LogP contribution in [0.25, 0.3) is 10.8 Å². The SMILES string of the molecule is CCCC(=O)N1C(=O)c2cccc3c(C)ccc(c23)C1=O. The minimum absolute atomic E-state index is 0.189. The zero-order chi connectivity index (χ0) is 15.1. The van der Waals surface area contributed by atoms with Crippen molar-refractivity contribution in [2.75, 3.05) is 0 Å². The average Bonchev–Trinajstić information content (AvgIpc) is 2.46. The van der Waals surface area contributed by atoms with Crippen molar-refractivity contribution in [1.82, 2.24) is 4.90 Å². The Labute approximate surface area is 122 Å². The predicted octanol–water partition coefficient (Wildman–Crippen LogP) is 3.07. The molecule has 2 aromatic carbocycles. The highest BCUT2D eigenvalue weighted by molar-refractivity contribution is 6.31. The van der Waals surface area contributed by atoms with Crippen LogP contribution in [-0.4, -0.2) is 22.6 Å². The van der Waals surface area contributed by atoms with E-state index in [4.69, 9.17) is 0 Å². The topological polar surface area (TPSA) is 54.5 Å². The summed E-state index contributed by atoms with van der Waals surface area (Å²) in [5.41, 5.74) is 1.86. The molecule has 2 aromatic rings. The van der Waals surface area contributed by atoms with Gasteiger partial charge in [-0.1, -0.05) is 25.1 Å². The second-order valence-corrected chi connectivity index (χ2v) is 5.25. The maximum absolute atomic E-state index is 12.5. The number of carbonyl (C=O) groups is 3. The van der Waals surface area contributed by atoms with Gasteiger partial charge in [0.2, 0.25) is 5.91 Å². The lowest BCUT2D eigenvalue weighted by atomic mass is 9.91. The molecule has 0 aliphatic carbocycles. The van der Waals surface area contributed by atoms with Gasteiger partial charge in [0.1, 0.15) is 0 Å². The Balaban J connectivity index is 2.27. The molecule has 0 fully saturated rings. The molecule has 0 aromatic heterocycles. The average molecular weight is 281 g/mol. The van der Waals surface area contributed by atoms with Crippen molar-refractivity contribution in [3.8, 4) is 0 Å². The molecule has 4 heteroatoms. The van der Waals surface area contributed by atoms with Crippen LogP contribution >= 0.6 is 0 Å². The molecule has 0 saturated heterocycles. The predicted molar refractivity (Wildman–Crippen MR) is 79.1 cm³/mol. The highest BCUT2D eigenvalue weighted by Gasteiger charge is 2.36. The van der Waals surface area contributed by atoms with E-state index in [1.165, 1.54) is 0 Å². The standard InChI is InChI=1S/C17H15NO3/c1-3-5-14(19)18-16(20)12-7-4-6-11-10(2)8-9-13(15(11)12)17(18)21/h4,6-9H,3,5H2,1-2H3. The van der Waals surface area contributed by atoms with Crippen LogP contribution in [0.1, 0.15) is 46.0 Å². The fraction of sp³-hybridized carbons (Fsp3) is 0.235. The van der Waals surface area contributed by atoms with Gasteiger partial charge in [-0.15, -0.1) is 0 Å². The summed E-state index contributed by atoms with van der Waals surface area (Å²) in [7, 11) is 0. The Morgan fingerprint density at radius 1 is 1.05 bits per heavy atom. The van der Waals surface area contributed by atoms with Crippen molar-refractivity contribution in [1.29, 1.82) is 0 Å². The number of amides is 3. The maximum atomic E-state index is 12.5. The van der Waals surface area contributed by atoms with Crippen molar-refractivity contribution < 1.29 is 14.4 Å². The Morgan fingerprint density at radius 3 is 2.38 bits per heavy atom. The molecule has 3 rings (SSSR count). The summed E-state index contributed by atoms with van der Waals surface area (Å²) < 4.78 is 0. The first-order valence-electron chi connectivity index (χ1n) is 7.00. The molecule has 1 aliphatic heterocycles. The highest BCUT2D eigenvalue weighted by Crippen LogP contribution is 2.32. The summed E-state index contributed by atoms with van der Waals surface area (Å²) >= 11 is 0. The normalized spacial score (nSPS) is 13.9. The van der Waals surface area contributed by atoms with Gasteiger partial charge in [-0.05, 0) is 36.4 Å². The van der Waals surface area contributed by atoms with Gasteiger partial charge in [0, 0.05) is 22.9 Å². The first-order chi connectivity index (χ1) is 10.1.